The van der Waals surface area contributed by atoms with Crippen LogP contribution < -0.4 is 5.73 Å². The van der Waals surface area contributed by atoms with Gasteiger partial charge in [0.05, 0.1) is 0 Å². The van der Waals surface area contributed by atoms with E-state index in [9.17, 15) is 8.78 Å². The Hall–Kier alpha value is -0.610. The molecule has 0 heterocycles. The number of hydrogen-bond donors (Lipinski definition) is 1. The molecule has 0 amide bonds. The average Bonchev–Trinajstić information content (AvgIpc) is 2.16. The molecule has 1 rings (SSSR count). The largest absolute Gasteiger partial charge is 0.330 e. The molecular formula is C10H13F2NS. The number of thioether (sulfide) groups is 1. The fourth-order valence-electron chi connectivity index (χ4n) is 0.892. The third-order valence-corrected chi connectivity index (χ3v) is 3.20. The van der Waals surface area contributed by atoms with Crippen molar-refractivity contribution in [3.63, 3.8) is 0 Å². The first-order valence-corrected chi connectivity index (χ1v) is 5.40. The van der Waals surface area contributed by atoms with Gasteiger partial charge < -0.3 is 5.73 Å². The molecule has 1 atom stereocenters. The zero-order valence-corrected chi connectivity index (χ0v) is 8.78. The Balaban J connectivity index is 2.59. The lowest BCUT2D eigenvalue weighted by atomic mass is 10.2. The third-order valence-electron chi connectivity index (χ3n) is 1.82. The molecule has 0 saturated carbocycles. The summed E-state index contributed by atoms with van der Waals surface area (Å²) in [6.45, 7) is 2.57. The number of hydrogen-bond acceptors (Lipinski definition) is 2. The third kappa shape index (κ3) is 3.27. The predicted molar refractivity (Wildman–Crippen MR) is 55.3 cm³/mol. The Morgan fingerprint density at radius 3 is 2.71 bits per heavy atom. The van der Waals surface area contributed by atoms with Crippen molar-refractivity contribution >= 4 is 11.8 Å². The van der Waals surface area contributed by atoms with Crippen molar-refractivity contribution in [1.82, 2.24) is 0 Å². The van der Waals surface area contributed by atoms with Crippen molar-refractivity contribution in [3.05, 3.63) is 29.8 Å². The van der Waals surface area contributed by atoms with Crippen molar-refractivity contribution < 1.29 is 8.78 Å². The molecule has 0 aliphatic rings. The monoisotopic (exact) mass is 217 g/mol. The maximum atomic E-state index is 13.1. The van der Waals surface area contributed by atoms with Crippen LogP contribution in [0.3, 0.4) is 0 Å². The summed E-state index contributed by atoms with van der Waals surface area (Å²) in [5.74, 6) is 0.0429. The van der Waals surface area contributed by atoms with Crippen LogP contribution in [0.15, 0.2) is 23.1 Å². The fourth-order valence-corrected chi connectivity index (χ4v) is 1.85. The molecule has 14 heavy (non-hydrogen) atoms. The van der Waals surface area contributed by atoms with Crippen LogP contribution in [0.1, 0.15) is 6.92 Å². The second kappa shape index (κ2) is 5.32. The molecule has 0 radical (unpaired) electrons. The van der Waals surface area contributed by atoms with Gasteiger partial charge in [-0.3, -0.25) is 0 Å². The van der Waals surface area contributed by atoms with Gasteiger partial charge in [0.15, 0.2) is 0 Å². The summed E-state index contributed by atoms with van der Waals surface area (Å²) in [7, 11) is 0. The SMILES string of the molecule is CC(CN)CSc1ccc(F)cc1F. The van der Waals surface area contributed by atoms with Crippen LogP contribution in [0, 0.1) is 17.6 Å². The minimum absolute atomic E-state index is 0.337. The van der Waals surface area contributed by atoms with E-state index in [-0.39, 0.29) is 0 Å². The molecule has 1 aromatic rings. The lowest BCUT2D eigenvalue weighted by Crippen LogP contribution is -2.12. The summed E-state index contributed by atoms with van der Waals surface area (Å²) >= 11 is 1.37. The van der Waals surface area contributed by atoms with E-state index in [0.717, 1.165) is 11.8 Å². The van der Waals surface area contributed by atoms with Crippen molar-refractivity contribution in [2.75, 3.05) is 12.3 Å². The Labute approximate surface area is 86.7 Å². The van der Waals surface area contributed by atoms with Crippen molar-refractivity contribution in [3.8, 4) is 0 Å². The van der Waals surface area contributed by atoms with Crippen LogP contribution in [-0.4, -0.2) is 12.3 Å². The van der Waals surface area contributed by atoms with E-state index in [2.05, 4.69) is 0 Å². The van der Waals surface area contributed by atoms with Crippen LogP contribution in [0.4, 0.5) is 8.78 Å². The fraction of sp³-hybridized carbons (Fsp3) is 0.400. The number of rotatable bonds is 4. The predicted octanol–water partition coefficient (Wildman–Crippen LogP) is 2.65. The molecular weight excluding hydrogens is 204 g/mol. The van der Waals surface area contributed by atoms with E-state index < -0.39 is 11.6 Å². The summed E-state index contributed by atoms with van der Waals surface area (Å²) in [5.41, 5.74) is 5.43. The zero-order chi connectivity index (χ0) is 10.6. The second-order valence-corrected chi connectivity index (χ2v) is 4.29. The molecule has 0 aromatic heterocycles. The highest BCUT2D eigenvalue weighted by Gasteiger charge is 2.06. The van der Waals surface area contributed by atoms with Crippen LogP contribution in [0.2, 0.25) is 0 Å². The minimum Gasteiger partial charge on any atom is -0.330 e. The Bertz CT molecular complexity index is 304. The van der Waals surface area contributed by atoms with Crippen LogP contribution in [-0.2, 0) is 0 Å². The lowest BCUT2D eigenvalue weighted by molar-refractivity contribution is 0.565. The summed E-state index contributed by atoms with van der Waals surface area (Å²) in [5, 5.41) is 0. The van der Waals surface area contributed by atoms with E-state index in [1.165, 1.54) is 23.9 Å². The van der Waals surface area contributed by atoms with Gasteiger partial charge in [-0.2, -0.15) is 0 Å². The summed E-state index contributed by atoms with van der Waals surface area (Å²) in [6, 6.07) is 3.62. The Morgan fingerprint density at radius 2 is 2.14 bits per heavy atom. The topological polar surface area (TPSA) is 26.0 Å². The molecule has 0 aliphatic carbocycles. The Morgan fingerprint density at radius 1 is 1.43 bits per heavy atom. The molecule has 1 unspecified atom stereocenters. The molecule has 0 fully saturated rings. The van der Waals surface area contributed by atoms with E-state index in [0.29, 0.717) is 17.4 Å². The van der Waals surface area contributed by atoms with Crippen LogP contribution in [0.5, 0.6) is 0 Å². The molecule has 1 aromatic carbocycles. The van der Waals surface area contributed by atoms with E-state index >= 15 is 0 Å². The molecule has 78 valence electrons. The molecule has 1 nitrogen and oxygen atoms in total. The van der Waals surface area contributed by atoms with E-state index in [1.807, 2.05) is 6.92 Å². The quantitative estimate of drug-likeness (QED) is 0.785. The zero-order valence-electron chi connectivity index (χ0n) is 7.97. The normalized spacial score (nSPS) is 12.9. The summed E-state index contributed by atoms with van der Waals surface area (Å²) < 4.78 is 25.7. The summed E-state index contributed by atoms with van der Waals surface area (Å²) in [4.78, 5) is 0.478. The van der Waals surface area contributed by atoms with Crippen LogP contribution >= 0.6 is 11.8 Å². The minimum atomic E-state index is -0.543. The molecule has 0 aliphatic heterocycles. The molecule has 4 heteroatoms. The number of benzene rings is 1. The van der Waals surface area contributed by atoms with Gasteiger partial charge in [-0.05, 0) is 24.6 Å². The maximum Gasteiger partial charge on any atom is 0.139 e. The maximum absolute atomic E-state index is 13.1. The van der Waals surface area contributed by atoms with E-state index in [4.69, 9.17) is 5.73 Å². The number of nitrogens with two attached hydrogens (primary N) is 1. The van der Waals surface area contributed by atoms with Crippen molar-refractivity contribution in [1.29, 1.82) is 0 Å². The molecule has 2 N–H and O–H groups in total. The van der Waals surface area contributed by atoms with E-state index in [1.54, 1.807) is 0 Å². The first-order chi connectivity index (χ1) is 6.63. The molecule has 0 saturated heterocycles. The van der Waals surface area contributed by atoms with Crippen LogP contribution in [0.25, 0.3) is 0 Å². The van der Waals surface area contributed by atoms with Gasteiger partial charge in [0, 0.05) is 16.7 Å². The first-order valence-electron chi connectivity index (χ1n) is 4.41. The lowest BCUT2D eigenvalue weighted by Gasteiger charge is -2.07. The van der Waals surface area contributed by atoms with Crippen molar-refractivity contribution in [2.45, 2.75) is 11.8 Å². The number of halogens is 2. The average molecular weight is 217 g/mol. The molecule has 0 bridgehead atoms. The first kappa shape index (κ1) is 11.5. The summed E-state index contributed by atoms with van der Waals surface area (Å²) in [6.07, 6.45) is 0. The van der Waals surface area contributed by atoms with Gasteiger partial charge in [0.25, 0.3) is 0 Å². The van der Waals surface area contributed by atoms with Gasteiger partial charge in [0.2, 0.25) is 0 Å². The highest BCUT2D eigenvalue weighted by molar-refractivity contribution is 7.99. The highest BCUT2D eigenvalue weighted by atomic mass is 32.2. The standard InChI is InChI=1S/C10H13F2NS/c1-7(5-13)6-14-10-3-2-8(11)4-9(10)12/h2-4,7H,5-6,13H2,1H3. The smallest absolute Gasteiger partial charge is 0.139 e. The van der Waals surface area contributed by atoms with Gasteiger partial charge in [-0.15, -0.1) is 11.8 Å². The van der Waals surface area contributed by atoms with Gasteiger partial charge >= 0.3 is 0 Å². The highest BCUT2D eigenvalue weighted by Crippen LogP contribution is 2.23. The van der Waals surface area contributed by atoms with Gasteiger partial charge in [-0.1, -0.05) is 6.92 Å². The van der Waals surface area contributed by atoms with Gasteiger partial charge in [-0.25, -0.2) is 8.78 Å². The molecule has 0 spiro atoms. The van der Waals surface area contributed by atoms with Gasteiger partial charge in [0.1, 0.15) is 11.6 Å². The Kier molecular flexibility index (Phi) is 4.35. The van der Waals surface area contributed by atoms with Crippen molar-refractivity contribution in [2.24, 2.45) is 11.7 Å². The second-order valence-electron chi connectivity index (χ2n) is 3.23.